The van der Waals surface area contributed by atoms with Gasteiger partial charge in [0, 0.05) is 23.8 Å². The van der Waals surface area contributed by atoms with Gasteiger partial charge in [0.05, 0.1) is 38.6 Å². The molecule has 0 aromatic heterocycles. The van der Waals surface area contributed by atoms with E-state index in [0.29, 0.717) is 12.0 Å². The van der Waals surface area contributed by atoms with Crippen LogP contribution >= 0.6 is 0 Å². The van der Waals surface area contributed by atoms with Crippen LogP contribution in [0.4, 0.5) is 17.1 Å². The average molecular weight is 401 g/mol. The number of nitro groups is 3. The maximum absolute atomic E-state index is 12.6. The molecule has 0 bridgehead atoms. The molecule has 29 heavy (non-hydrogen) atoms. The van der Waals surface area contributed by atoms with Crippen molar-refractivity contribution in [2.45, 2.75) is 26.2 Å². The first-order chi connectivity index (χ1) is 13.7. The van der Waals surface area contributed by atoms with E-state index < -0.39 is 32.1 Å². The van der Waals surface area contributed by atoms with Gasteiger partial charge in [-0.2, -0.15) is 0 Å². The zero-order valence-corrected chi connectivity index (χ0v) is 15.2. The zero-order chi connectivity index (χ0) is 21.3. The lowest BCUT2D eigenvalue weighted by Gasteiger charge is -2.10. The number of hydrogen-bond acceptors (Lipinski definition) is 8. The molecule has 2 aromatic carbocycles. The Morgan fingerprint density at radius 2 is 1.52 bits per heavy atom. The Kier molecular flexibility index (Phi) is 5.22. The predicted octanol–water partition coefficient (Wildman–Crippen LogP) is 3.94. The Morgan fingerprint density at radius 1 is 0.931 bits per heavy atom. The van der Waals surface area contributed by atoms with Crippen LogP contribution in [0.25, 0.3) is 11.1 Å². The first kappa shape index (κ1) is 19.9. The first-order valence-electron chi connectivity index (χ1n) is 8.69. The van der Waals surface area contributed by atoms with Gasteiger partial charge in [0.15, 0.2) is 0 Å². The number of rotatable bonds is 7. The summed E-state index contributed by atoms with van der Waals surface area (Å²) >= 11 is 0. The number of carbonyl (C=O) groups is 1. The molecule has 3 rings (SSSR count). The third-order valence-electron chi connectivity index (χ3n) is 4.59. The standard InChI is InChI=1S/C18H15N3O8/c1-2-3-4-29-18(22)14-8-12(19(23)24)6-10-5-11-7-13(20(25)26)9-15(21(27)28)17(11)16(10)14/h6-9H,2-5H2,1H3. The maximum Gasteiger partial charge on any atom is 0.339 e. The van der Waals surface area contributed by atoms with E-state index in [1.807, 2.05) is 6.92 Å². The van der Waals surface area contributed by atoms with Crippen molar-refractivity contribution in [3.63, 3.8) is 0 Å². The Labute approximate surface area is 163 Å². The zero-order valence-electron chi connectivity index (χ0n) is 15.2. The van der Waals surface area contributed by atoms with Crippen molar-refractivity contribution < 1.29 is 24.3 Å². The fourth-order valence-corrected chi connectivity index (χ4v) is 3.33. The lowest BCUT2D eigenvalue weighted by atomic mass is 9.97. The summed E-state index contributed by atoms with van der Waals surface area (Å²) in [5, 5.41) is 34.0. The predicted molar refractivity (Wildman–Crippen MR) is 99.8 cm³/mol. The van der Waals surface area contributed by atoms with E-state index in [2.05, 4.69) is 0 Å². The van der Waals surface area contributed by atoms with Gasteiger partial charge >= 0.3 is 5.97 Å². The molecule has 2 aromatic rings. The number of hydrogen-bond donors (Lipinski definition) is 0. The Balaban J connectivity index is 2.24. The molecule has 11 nitrogen and oxygen atoms in total. The number of unbranched alkanes of at least 4 members (excludes halogenated alkanes) is 1. The first-order valence-corrected chi connectivity index (χ1v) is 8.69. The summed E-state index contributed by atoms with van der Waals surface area (Å²) in [6, 6.07) is 4.24. The number of esters is 1. The number of non-ortho nitro benzene ring substituents is 2. The summed E-state index contributed by atoms with van der Waals surface area (Å²) < 4.78 is 5.17. The van der Waals surface area contributed by atoms with Gasteiger partial charge in [-0.25, -0.2) is 4.79 Å². The number of ether oxygens (including phenoxy) is 1. The highest BCUT2D eigenvalue weighted by Gasteiger charge is 2.35. The van der Waals surface area contributed by atoms with Crippen LogP contribution in [0.15, 0.2) is 24.3 Å². The molecule has 11 heteroatoms. The van der Waals surface area contributed by atoms with Crippen molar-refractivity contribution in [1.82, 2.24) is 0 Å². The Bertz CT molecular complexity index is 1060. The summed E-state index contributed by atoms with van der Waals surface area (Å²) in [4.78, 5) is 44.4. The van der Waals surface area contributed by atoms with Gasteiger partial charge in [-0.3, -0.25) is 30.3 Å². The largest absolute Gasteiger partial charge is 0.462 e. The molecule has 0 aliphatic heterocycles. The fourth-order valence-electron chi connectivity index (χ4n) is 3.33. The molecule has 0 N–H and O–H groups in total. The van der Waals surface area contributed by atoms with E-state index in [9.17, 15) is 35.1 Å². The van der Waals surface area contributed by atoms with E-state index in [4.69, 9.17) is 4.74 Å². The van der Waals surface area contributed by atoms with Gasteiger partial charge in [0.2, 0.25) is 0 Å². The van der Waals surface area contributed by atoms with Crippen molar-refractivity contribution in [3.8, 4) is 11.1 Å². The van der Waals surface area contributed by atoms with E-state index in [-0.39, 0.29) is 41.0 Å². The monoisotopic (exact) mass is 401 g/mol. The van der Waals surface area contributed by atoms with Gasteiger partial charge in [-0.15, -0.1) is 0 Å². The second kappa shape index (κ2) is 7.62. The molecule has 0 amide bonds. The van der Waals surface area contributed by atoms with Crippen LogP contribution < -0.4 is 0 Å². The van der Waals surface area contributed by atoms with Crippen LogP contribution in [0.5, 0.6) is 0 Å². The van der Waals surface area contributed by atoms with Crippen LogP contribution in [0.2, 0.25) is 0 Å². The topological polar surface area (TPSA) is 156 Å². The molecule has 150 valence electrons. The van der Waals surface area contributed by atoms with Crippen LogP contribution in [-0.2, 0) is 11.2 Å². The summed E-state index contributed by atoms with van der Waals surface area (Å²) in [6.07, 6.45) is 1.34. The molecule has 0 unspecified atom stereocenters. The van der Waals surface area contributed by atoms with Gasteiger partial charge in [-0.05, 0) is 24.0 Å². The minimum absolute atomic E-state index is 0.00981. The smallest absolute Gasteiger partial charge is 0.339 e. The van der Waals surface area contributed by atoms with E-state index in [1.165, 1.54) is 12.1 Å². The fraction of sp³-hybridized carbons (Fsp3) is 0.278. The molecular formula is C18H15N3O8. The van der Waals surface area contributed by atoms with E-state index in [1.54, 1.807) is 0 Å². The van der Waals surface area contributed by atoms with Crippen LogP contribution in [-0.4, -0.2) is 27.3 Å². The average Bonchev–Trinajstić information content (AvgIpc) is 3.04. The SMILES string of the molecule is CCCCOC(=O)c1cc([N+](=O)[O-])cc2c1-c1c(cc([N+](=O)[O-])cc1[N+](=O)[O-])C2. The highest BCUT2D eigenvalue weighted by molar-refractivity contribution is 6.03. The highest BCUT2D eigenvalue weighted by atomic mass is 16.6. The third-order valence-corrected chi connectivity index (χ3v) is 4.59. The molecule has 0 radical (unpaired) electrons. The number of nitrogens with zero attached hydrogens (tertiary/aromatic N) is 3. The van der Waals surface area contributed by atoms with E-state index >= 15 is 0 Å². The number of nitro benzene ring substituents is 3. The Morgan fingerprint density at radius 3 is 2.07 bits per heavy atom. The molecule has 1 aliphatic rings. The third kappa shape index (κ3) is 3.61. The van der Waals surface area contributed by atoms with Crippen LogP contribution in [0.1, 0.15) is 41.3 Å². The second-order valence-corrected chi connectivity index (χ2v) is 6.46. The lowest BCUT2D eigenvalue weighted by molar-refractivity contribution is -0.393. The molecular weight excluding hydrogens is 386 g/mol. The van der Waals surface area contributed by atoms with Crippen LogP contribution in [0.3, 0.4) is 0 Å². The van der Waals surface area contributed by atoms with Gasteiger partial charge < -0.3 is 4.74 Å². The minimum Gasteiger partial charge on any atom is -0.462 e. The van der Waals surface area contributed by atoms with Crippen molar-refractivity contribution in [3.05, 3.63) is 71.3 Å². The van der Waals surface area contributed by atoms with E-state index in [0.717, 1.165) is 18.6 Å². The summed E-state index contributed by atoms with van der Waals surface area (Å²) in [5.74, 6) is -0.834. The van der Waals surface area contributed by atoms with Crippen molar-refractivity contribution >= 4 is 23.0 Å². The molecule has 0 spiro atoms. The maximum atomic E-state index is 12.6. The number of fused-ring (bicyclic) bond motifs is 3. The molecule has 0 saturated heterocycles. The number of benzene rings is 2. The molecule has 0 atom stereocenters. The van der Waals surface area contributed by atoms with Gasteiger partial charge in [0.1, 0.15) is 0 Å². The number of carbonyl (C=O) groups excluding carboxylic acids is 1. The highest BCUT2D eigenvalue weighted by Crippen LogP contribution is 2.47. The van der Waals surface area contributed by atoms with Crippen molar-refractivity contribution in [2.24, 2.45) is 0 Å². The van der Waals surface area contributed by atoms with Gasteiger partial charge in [0.25, 0.3) is 17.1 Å². The quantitative estimate of drug-likeness (QED) is 0.249. The normalized spacial score (nSPS) is 11.5. The minimum atomic E-state index is -0.834. The van der Waals surface area contributed by atoms with Gasteiger partial charge in [-0.1, -0.05) is 13.3 Å². The molecule has 0 saturated carbocycles. The Hall–Kier alpha value is -3.89. The second-order valence-electron chi connectivity index (χ2n) is 6.46. The van der Waals surface area contributed by atoms with Crippen molar-refractivity contribution in [1.29, 1.82) is 0 Å². The summed E-state index contributed by atoms with van der Waals surface area (Å²) in [5.41, 5.74) is -0.780. The molecule has 0 fully saturated rings. The summed E-state index contributed by atoms with van der Waals surface area (Å²) in [6.45, 7) is 1.99. The van der Waals surface area contributed by atoms with Crippen molar-refractivity contribution in [2.75, 3.05) is 6.61 Å². The molecule has 1 aliphatic carbocycles. The molecule has 0 heterocycles. The lowest BCUT2D eigenvalue weighted by Crippen LogP contribution is -2.09. The summed E-state index contributed by atoms with van der Waals surface area (Å²) in [7, 11) is 0. The van der Waals surface area contributed by atoms with Crippen LogP contribution in [0, 0.1) is 30.3 Å².